The Balaban J connectivity index is 1.46. The van der Waals surface area contributed by atoms with Gasteiger partial charge in [0.2, 0.25) is 10.0 Å². The van der Waals surface area contributed by atoms with Crippen molar-refractivity contribution in [1.82, 2.24) is 14.8 Å². The lowest BCUT2D eigenvalue weighted by atomic mass is 9.88. The summed E-state index contributed by atoms with van der Waals surface area (Å²) in [7, 11) is -0.251. The second kappa shape index (κ2) is 11.5. The van der Waals surface area contributed by atoms with E-state index < -0.39 is 21.7 Å². The first-order chi connectivity index (χ1) is 21.1. The first kappa shape index (κ1) is 29.4. The summed E-state index contributed by atoms with van der Waals surface area (Å²) >= 11 is 0. The van der Waals surface area contributed by atoms with Crippen molar-refractivity contribution in [2.24, 2.45) is 7.05 Å². The number of aryl methyl sites for hydroxylation is 1. The molecule has 1 atom stereocenters. The Morgan fingerprint density at radius 1 is 1.07 bits per heavy atom. The maximum atomic E-state index is 13.8. The molecule has 2 N–H and O–H groups in total. The number of piperidine rings is 1. The summed E-state index contributed by atoms with van der Waals surface area (Å²) in [4.78, 5) is 28.9. The Labute approximate surface area is 254 Å². The monoisotopic (exact) mass is 616 g/mol. The SMILES string of the molecule is CCS(=O)(=O)Nc1cc2oc(-c3ccc(F)cc3)c(C(=O)NC)c2cc1[C@H]1CCCN(C(=O)c2cn(C)c3ccccc23)C1. The van der Waals surface area contributed by atoms with E-state index in [1.54, 1.807) is 19.1 Å². The number of fused-ring (bicyclic) bond motifs is 2. The number of carbonyl (C=O) groups is 2. The number of sulfonamides is 1. The highest BCUT2D eigenvalue weighted by Crippen LogP contribution is 2.41. The molecule has 3 heterocycles. The number of para-hydroxylation sites is 1. The molecule has 3 aromatic carbocycles. The molecule has 0 saturated carbocycles. The Kier molecular flexibility index (Phi) is 7.66. The number of likely N-dealkylation sites (tertiary alicyclic amines) is 1. The van der Waals surface area contributed by atoms with Crippen molar-refractivity contribution < 1.29 is 26.8 Å². The van der Waals surface area contributed by atoms with Gasteiger partial charge in [0.25, 0.3) is 11.8 Å². The molecule has 0 bridgehead atoms. The Morgan fingerprint density at radius 2 is 1.82 bits per heavy atom. The minimum atomic E-state index is -3.67. The van der Waals surface area contributed by atoms with Crippen LogP contribution in [0.2, 0.25) is 0 Å². The maximum absolute atomic E-state index is 13.8. The van der Waals surface area contributed by atoms with Gasteiger partial charge in [-0.05, 0) is 61.7 Å². The van der Waals surface area contributed by atoms with Gasteiger partial charge in [-0.25, -0.2) is 12.8 Å². The molecule has 2 amide bonds. The smallest absolute Gasteiger partial charge is 0.256 e. The van der Waals surface area contributed by atoms with Crippen LogP contribution in [0, 0.1) is 5.82 Å². The first-order valence-corrected chi connectivity index (χ1v) is 16.2. The van der Waals surface area contributed by atoms with Crippen molar-refractivity contribution in [2.75, 3.05) is 30.6 Å². The van der Waals surface area contributed by atoms with E-state index in [1.165, 1.54) is 31.3 Å². The van der Waals surface area contributed by atoms with Gasteiger partial charge in [-0.15, -0.1) is 0 Å². The number of nitrogens with zero attached hydrogens (tertiary/aromatic N) is 2. The quantitative estimate of drug-likeness (QED) is 0.237. The summed E-state index contributed by atoms with van der Waals surface area (Å²) in [5.74, 6) is -1.02. The molecule has 0 unspecified atom stereocenters. The minimum Gasteiger partial charge on any atom is -0.455 e. The van der Waals surface area contributed by atoms with E-state index in [0.717, 1.165) is 10.9 Å². The van der Waals surface area contributed by atoms with Crippen molar-refractivity contribution in [3.63, 3.8) is 0 Å². The number of aromatic nitrogens is 1. The number of benzene rings is 3. The van der Waals surface area contributed by atoms with Crippen LogP contribution in [0.1, 0.15) is 52.0 Å². The van der Waals surface area contributed by atoms with Crippen LogP contribution in [-0.2, 0) is 17.1 Å². The molecule has 1 aliphatic rings. The number of nitrogens with one attached hydrogen (secondary N) is 2. The fourth-order valence-electron chi connectivity index (χ4n) is 6.08. The molecule has 44 heavy (non-hydrogen) atoms. The molecule has 1 aliphatic heterocycles. The highest BCUT2D eigenvalue weighted by atomic mass is 32.2. The van der Waals surface area contributed by atoms with Crippen molar-refractivity contribution in [3.8, 4) is 11.3 Å². The highest BCUT2D eigenvalue weighted by molar-refractivity contribution is 7.92. The Bertz CT molecular complexity index is 2010. The molecule has 11 heteroatoms. The lowest BCUT2D eigenvalue weighted by Gasteiger charge is -2.34. The number of furan rings is 1. The van der Waals surface area contributed by atoms with E-state index in [2.05, 4.69) is 10.0 Å². The fraction of sp³-hybridized carbons (Fsp3) is 0.273. The Hall–Kier alpha value is -4.64. The average molecular weight is 617 g/mol. The standard InChI is InChI=1S/C33H33FN4O5S/c1-4-44(41,42)36-27-17-29-25(30(32(39)35-2)31(43-29)20-11-13-22(34)14-12-20)16-24(27)21-8-7-15-38(18-21)33(40)26-19-37(3)28-10-6-5-9-23(26)28/h5-6,9-14,16-17,19,21,36H,4,7-8,15,18H2,1-3H3,(H,35,39)/t21-/m0/s1. The average Bonchev–Trinajstić information content (AvgIpc) is 3.57. The van der Waals surface area contributed by atoms with Gasteiger partial charge in [0.1, 0.15) is 17.2 Å². The van der Waals surface area contributed by atoms with Gasteiger partial charge in [-0.3, -0.25) is 14.3 Å². The van der Waals surface area contributed by atoms with E-state index >= 15 is 0 Å². The molecule has 6 rings (SSSR count). The number of halogens is 1. The second-order valence-electron chi connectivity index (χ2n) is 11.1. The van der Waals surface area contributed by atoms with Crippen molar-refractivity contribution >= 4 is 49.4 Å². The van der Waals surface area contributed by atoms with Crippen LogP contribution < -0.4 is 10.0 Å². The summed E-state index contributed by atoms with van der Waals surface area (Å²) in [5, 5.41) is 4.03. The molecule has 9 nitrogen and oxygen atoms in total. The minimum absolute atomic E-state index is 0.0868. The predicted octanol–water partition coefficient (Wildman–Crippen LogP) is 5.87. The van der Waals surface area contributed by atoms with Crippen LogP contribution >= 0.6 is 0 Å². The number of hydrogen-bond acceptors (Lipinski definition) is 5. The number of rotatable bonds is 7. The number of hydrogen-bond donors (Lipinski definition) is 2. The van der Waals surface area contributed by atoms with Crippen LogP contribution in [0.25, 0.3) is 33.2 Å². The van der Waals surface area contributed by atoms with Gasteiger partial charge in [0.15, 0.2) is 0 Å². The van der Waals surface area contributed by atoms with Gasteiger partial charge in [-0.2, -0.15) is 0 Å². The topological polar surface area (TPSA) is 114 Å². The van der Waals surface area contributed by atoms with Gasteiger partial charge in [-0.1, -0.05) is 18.2 Å². The summed E-state index contributed by atoms with van der Waals surface area (Å²) < 4.78 is 50.1. The maximum Gasteiger partial charge on any atom is 0.256 e. The third-order valence-corrected chi connectivity index (χ3v) is 9.63. The molecule has 1 saturated heterocycles. The summed E-state index contributed by atoms with van der Waals surface area (Å²) in [6, 6.07) is 16.8. The number of anilines is 1. The number of amides is 2. The van der Waals surface area contributed by atoms with Crippen LogP contribution in [-0.4, -0.2) is 55.6 Å². The van der Waals surface area contributed by atoms with E-state index in [4.69, 9.17) is 4.42 Å². The molecule has 0 radical (unpaired) electrons. The normalized spacial score (nSPS) is 15.5. The Morgan fingerprint density at radius 3 is 2.55 bits per heavy atom. The largest absolute Gasteiger partial charge is 0.455 e. The zero-order valence-electron chi connectivity index (χ0n) is 24.7. The number of carbonyl (C=O) groups excluding carboxylic acids is 2. The second-order valence-corrected chi connectivity index (χ2v) is 13.1. The van der Waals surface area contributed by atoms with Gasteiger partial charge in [0.05, 0.1) is 22.6 Å². The van der Waals surface area contributed by atoms with Crippen LogP contribution in [0.15, 0.2) is 71.3 Å². The van der Waals surface area contributed by atoms with Crippen molar-refractivity contribution in [3.05, 3.63) is 89.4 Å². The van der Waals surface area contributed by atoms with Crippen LogP contribution in [0.3, 0.4) is 0 Å². The molecule has 5 aromatic rings. The summed E-state index contributed by atoms with van der Waals surface area (Å²) in [6.45, 7) is 2.49. The van der Waals surface area contributed by atoms with Gasteiger partial charge < -0.3 is 19.2 Å². The van der Waals surface area contributed by atoms with Gasteiger partial charge >= 0.3 is 0 Å². The molecule has 0 spiro atoms. The van der Waals surface area contributed by atoms with E-state index in [9.17, 15) is 22.4 Å². The lowest BCUT2D eigenvalue weighted by molar-refractivity contribution is 0.0709. The van der Waals surface area contributed by atoms with Crippen molar-refractivity contribution in [2.45, 2.75) is 25.7 Å². The zero-order valence-corrected chi connectivity index (χ0v) is 25.5. The fourth-order valence-corrected chi connectivity index (χ4v) is 6.73. The molecular formula is C33H33FN4O5S. The molecule has 2 aromatic heterocycles. The third kappa shape index (κ3) is 5.32. The lowest BCUT2D eigenvalue weighted by Crippen LogP contribution is -2.39. The summed E-state index contributed by atoms with van der Waals surface area (Å²) in [5.41, 5.74) is 3.66. The third-order valence-electron chi connectivity index (χ3n) is 8.34. The van der Waals surface area contributed by atoms with Gasteiger partial charge in [0, 0.05) is 67.2 Å². The van der Waals surface area contributed by atoms with E-state index in [1.807, 2.05) is 47.0 Å². The molecule has 1 fully saturated rings. The predicted molar refractivity (Wildman–Crippen MR) is 169 cm³/mol. The van der Waals surface area contributed by atoms with E-state index in [-0.39, 0.29) is 28.9 Å². The molecular weight excluding hydrogens is 583 g/mol. The van der Waals surface area contributed by atoms with Crippen LogP contribution in [0.5, 0.6) is 0 Å². The molecule has 0 aliphatic carbocycles. The highest BCUT2D eigenvalue weighted by Gasteiger charge is 2.31. The summed E-state index contributed by atoms with van der Waals surface area (Å²) in [6.07, 6.45) is 3.28. The molecule has 228 valence electrons. The first-order valence-electron chi connectivity index (χ1n) is 14.5. The van der Waals surface area contributed by atoms with Crippen molar-refractivity contribution in [1.29, 1.82) is 0 Å². The zero-order chi connectivity index (χ0) is 31.2. The van der Waals surface area contributed by atoms with E-state index in [0.29, 0.717) is 59.3 Å². The van der Waals surface area contributed by atoms with Crippen LogP contribution in [0.4, 0.5) is 10.1 Å².